The van der Waals surface area contributed by atoms with Crippen LogP contribution in [0.25, 0.3) is 0 Å². The van der Waals surface area contributed by atoms with Crippen molar-refractivity contribution < 1.29 is 23.9 Å². The van der Waals surface area contributed by atoms with Crippen molar-refractivity contribution >= 4 is 5.78 Å². The molecule has 3 rings (SSSR count). The number of nitro groups is 1. The van der Waals surface area contributed by atoms with Crippen molar-refractivity contribution in [1.82, 2.24) is 0 Å². The molecule has 0 N–H and O–H groups in total. The molecule has 0 aromatic heterocycles. The molecule has 1 aromatic carbocycles. The van der Waals surface area contributed by atoms with Gasteiger partial charge in [-0.25, -0.2) is 0 Å². The van der Waals surface area contributed by atoms with Gasteiger partial charge in [-0.2, -0.15) is 0 Å². The quantitative estimate of drug-likeness (QED) is 0.605. The van der Waals surface area contributed by atoms with E-state index in [0.29, 0.717) is 38.2 Å². The number of benzene rings is 1. The zero-order valence-corrected chi connectivity index (χ0v) is 13.6. The molecule has 1 aromatic rings. The van der Waals surface area contributed by atoms with Crippen LogP contribution in [0.15, 0.2) is 24.3 Å². The SMILES string of the molecule is COc1ccc([C@H](C[N+](=O)[O-])[C@@H]2CC3(CCC2=O)OCCO3)cc1. The summed E-state index contributed by atoms with van der Waals surface area (Å²) in [6.07, 6.45) is 1.22. The molecule has 1 aliphatic heterocycles. The summed E-state index contributed by atoms with van der Waals surface area (Å²) in [6, 6.07) is 7.09. The standard InChI is InChI=1S/C17H21NO6/c1-22-13-4-2-12(3-5-13)15(11-18(20)21)14-10-17(7-6-16(14)19)23-8-9-24-17/h2-5,14-15H,6-11H2,1H3/t14-,15-/m0/s1. The van der Waals surface area contributed by atoms with E-state index in [0.717, 1.165) is 5.56 Å². The molecule has 2 fully saturated rings. The summed E-state index contributed by atoms with van der Waals surface area (Å²) in [5.41, 5.74) is 0.765. The first kappa shape index (κ1) is 16.9. The van der Waals surface area contributed by atoms with E-state index < -0.39 is 17.6 Å². The molecule has 1 aliphatic carbocycles. The van der Waals surface area contributed by atoms with Crippen molar-refractivity contribution in [3.8, 4) is 5.75 Å². The number of carbonyl (C=O) groups excluding carboxylic acids is 1. The Morgan fingerprint density at radius 1 is 1.33 bits per heavy atom. The van der Waals surface area contributed by atoms with E-state index in [-0.39, 0.29) is 17.3 Å². The minimum Gasteiger partial charge on any atom is -0.497 e. The molecule has 7 nitrogen and oxygen atoms in total. The number of ether oxygens (including phenoxy) is 3. The maximum Gasteiger partial charge on any atom is 0.211 e. The van der Waals surface area contributed by atoms with Gasteiger partial charge in [0.05, 0.1) is 26.2 Å². The summed E-state index contributed by atoms with van der Waals surface area (Å²) in [7, 11) is 1.56. The van der Waals surface area contributed by atoms with Gasteiger partial charge in [-0.05, 0) is 17.7 Å². The predicted octanol–water partition coefficient (Wildman–Crippen LogP) is 2.17. The zero-order chi connectivity index (χ0) is 17.2. The van der Waals surface area contributed by atoms with Gasteiger partial charge >= 0.3 is 0 Å². The Kier molecular flexibility index (Phi) is 4.82. The fraction of sp³-hybridized carbons (Fsp3) is 0.588. The van der Waals surface area contributed by atoms with E-state index in [1.54, 1.807) is 31.4 Å². The van der Waals surface area contributed by atoms with Crippen LogP contribution in [0.3, 0.4) is 0 Å². The summed E-state index contributed by atoms with van der Waals surface area (Å²) >= 11 is 0. The van der Waals surface area contributed by atoms with Crippen LogP contribution in [0.1, 0.15) is 30.7 Å². The van der Waals surface area contributed by atoms with Gasteiger partial charge in [-0.3, -0.25) is 14.9 Å². The Balaban J connectivity index is 1.88. The Labute approximate surface area is 140 Å². The first-order valence-corrected chi connectivity index (χ1v) is 8.09. The molecule has 1 heterocycles. The van der Waals surface area contributed by atoms with Crippen molar-refractivity contribution in [2.24, 2.45) is 5.92 Å². The largest absolute Gasteiger partial charge is 0.497 e. The number of Topliss-reactive ketones (excluding diaryl/α,β-unsaturated/α-hetero) is 1. The Hall–Kier alpha value is -1.99. The van der Waals surface area contributed by atoms with Crippen molar-refractivity contribution in [2.75, 3.05) is 26.9 Å². The third-order valence-electron chi connectivity index (χ3n) is 4.89. The van der Waals surface area contributed by atoms with Crippen molar-refractivity contribution in [3.05, 3.63) is 39.9 Å². The minimum atomic E-state index is -0.750. The van der Waals surface area contributed by atoms with Gasteiger partial charge in [0.2, 0.25) is 6.54 Å². The lowest BCUT2D eigenvalue weighted by atomic mass is 9.73. The second-order valence-corrected chi connectivity index (χ2v) is 6.28. The first-order valence-electron chi connectivity index (χ1n) is 8.09. The number of ketones is 1. The highest BCUT2D eigenvalue weighted by molar-refractivity contribution is 5.83. The second kappa shape index (κ2) is 6.86. The minimum absolute atomic E-state index is 0.0439. The maximum atomic E-state index is 12.5. The lowest BCUT2D eigenvalue weighted by molar-refractivity contribution is -0.484. The highest BCUT2D eigenvalue weighted by Gasteiger charge is 2.48. The predicted molar refractivity (Wildman–Crippen MR) is 84.6 cm³/mol. The summed E-state index contributed by atoms with van der Waals surface area (Å²) in [6.45, 7) is 0.714. The fourth-order valence-corrected chi connectivity index (χ4v) is 3.65. The van der Waals surface area contributed by atoms with Gasteiger partial charge in [-0.1, -0.05) is 12.1 Å². The molecule has 1 saturated heterocycles. The van der Waals surface area contributed by atoms with E-state index in [1.807, 2.05) is 0 Å². The van der Waals surface area contributed by atoms with E-state index in [9.17, 15) is 14.9 Å². The normalized spacial score (nSPS) is 24.0. The van der Waals surface area contributed by atoms with Crippen LogP contribution < -0.4 is 4.74 Å². The molecular formula is C17H21NO6. The highest BCUT2D eigenvalue weighted by atomic mass is 16.7. The van der Waals surface area contributed by atoms with Crippen LogP contribution in [0, 0.1) is 16.0 Å². The van der Waals surface area contributed by atoms with E-state index >= 15 is 0 Å². The third-order valence-corrected chi connectivity index (χ3v) is 4.89. The Morgan fingerprint density at radius 3 is 2.58 bits per heavy atom. The van der Waals surface area contributed by atoms with E-state index in [1.165, 1.54) is 0 Å². The molecule has 7 heteroatoms. The highest BCUT2D eigenvalue weighted by Crippen LogP contribution is 2.43. The third kappa shape index (κ3) is 3.42. The first-order chi connectivity index (χ1) is 11.5. The van der Waals surface area contributed by atoms with Crippen LogP contribution in [0.4, 0.5) is 0 Å². The number of methoxy groups -OCH3 is 1. The van der Waals surface area contributed by atoms with Crippen LogP contribution in [-0.2, 0) is 14.3 Å². The molecule has 1 saturated carbocycles. The molecule has 2 atom stereocenters. The molecule has 2 aliphatic rings. The Bertz CT molecular complexity index is 608. The van der Waals surface area contributed by atoms with Gasteiger partial charge < -0.3 is 14.2 Å². The van der Waals surface area contributed by atoms with Crippen LogP contribution in [0.2, 0.25) is 0 Å². The molecule has 0 bridgehead atoms. The van der Waals surface area contributed by atoms with Crippen LogP contribution in [-0.4, -0.2) is 43.4 Å². The topological polar surface area (TPSA) is 87.9 Å². The number of carbonyl (C=O) groups is 1. The molecule has 0 amide bonds. The van der Waals surface area contributed by atoms with Gasteiger partial charge in [0.1, 0.15) is 11.5 Å². The monoisotopic (exact) mass is 335 g/mol. The van der Waals surface area contributed by atoms with E-state index in [4.69, 9.17) is 14.2 Å². The smallest absolute Gasteiger partial charge is 0.211 e. The zero-order valence-electron chi connectivity index (χ0n) is 13.6. The van der Waals surface area contributed by atoms with Crippen molar-refractivity contribution in [1.29, 1.82) is 0 Å². The average Bonchev–Trinajstić information content (AvgIpc) is 3.03. The van der Waals surface area contributed by atoms with Gasteiger partial charge in [0, 0.05) is 30.1 Å². The van der Waals surface area contributed by atoms with Gasteiger partial charge in [0.15, 0.2) is 5.79 Å². The summed E-state index contributed by atoms with van der Waals surface area (Å²) in [5, 5.41) is 11.2. The fourth-order valence-electron chi connectivity index (χ4n) is 3.65. The molecule has 0 radical (unpaired) electrons. The summed E-state index contributed by atoms with van der Waals surface area (Å²) in [4.78, 5) is 23.3. The molecule has 130 valence electrons. The second-order valence-electron chi connectivity index (χ2n) is 6.28. The maximum absolute atomic E-state index is 12.5. The Morgan fingerprint density at radius 2 is 2.00 bits per heavy atom. The molecule has 0 unspecified atom stereocenters. The van der Waals surface area contributed by atoms with Gasteiger partial charge in [-0.15, -0.1) is 0 Å². The molecule has 1 spiro atoms. The lowest BCUT2D eigenvalue weighted by Crippen LogP contribution is -2.43. The van der Waals surface area contributed by atoms with Crippen LogP contribution >= 0.6 is 0 Å². The number of hydrogen-bond acceptors (Lipinski definition) is 6. The lowest BCUT2D eigenvalue weighted by Gasteiger charge is -2.37. The summed E-state index contributed by atoms with van der Waals surface area (Å²) in [5.74, 6) is -1.01. The number of rotatable bonds is 5. The average molecular weight is 335 g/mol. The van der Waals surface area contributed by atoms with Crippen LogP contribution in [0.5, 0.6) is 5.75 Å². The van der Waals surface area contributed by atoms with Gasteiger partial charge in [0.25, 0.3) is 0 Å². The van der Waals surface area contributed by atoms with Crippen molar-refractivity contribution in [2.45, 2.75) is 31.0 Å². The molecule has 24 heavy (non-hydrogen) atoms. The summed E-state index contributed by atoms with van der Waals surface area (Å²) < 4.78 is 16.6. The number of hydrogen-bond donors (Lipinski definition) is 0. The van der Waals surface area contributed by atoms with E-state index in [2.05, 4.69) is 0 Å². The molecular weight excluding hydrogens is 314 g/mol. The van der Waals surface area contributed by atoms with Crippen molar-refractivity contribution in [3.63, 3.8) is 0 Å². The number of nitrogens with zero attached hydrogens (tertiary/aromatic N) is 1.